The van der Waals surface area contributed by atoms with Crippen molar-refractivity contribution in [1.82, 2.24) is 4.98 Å². The second-order valence-electron chi connectivity index (χ2n) is 5.09. The minimum atomic E-state index is 0.507. The molecular weight excluding hydrogens is 196 g/mol. The van der Waals surface area contributed by atoms with Gasteiger partial charge in [0, 0.05) is 12.2 Å². The smallest absolute Gasteiger partial charge is 0.126 e. The maximum Gasteiger partial charge on any atom is 0.126 e. The molecule has 2 nitrogen and oxygen atoms in total. The van der Waals surface area contributed by atoms with Crippen molar-refractivity contribution in [2.75, 3.05) is 5.32 Å². The van der Waals surface area contributed by atoms with E-state index in [2.05, 4.69) is 44.1 Å². The number of rotatable bonds is 6. The predicted octanol–water partition coefficient (Wildman–Crippen LogP) is 4.02. The fraction of sp³-hybridized carbons (Fsp3) is 0.643. The zero-order valence-corrected chi connectivity index (χ0v) is 11.0. The van der Waals surface area contributed by atoms with Crippen molar-refractivity contribution in [2.45, 2.75) is 53.0 Å². The Morgan fingerprint density at radius 2 is 2.00 bits per heavy atom. The van der Waals surface area contributed by atoms with Crippen LogP contribution in [0.3, 0.4) is 0 Å². The van der Waals surface area contributed by atoms with Gasteiger partial charge < -0.3 is 5.32 Å². The van der Waals surface area contributed by atoms with Crippen molar-refractivity contribution in [2.24, 2.45) is 5.92 Å². The Balaban J connectivity index is 2.31. The molecular formula is C14H24N2. The third-order valence-electron chi connectivity index (χ3n) is 2.73. The van der Waals surface area contributed by atoms with Crippen molar-refractivity contribution in [1.29, 1.82) is 0 Å². The molecule has 0 aliphatic rings. The van der Waals surface area contributed by atoms with Gasteiger partial charge >= 0.3 is 0 Å². The number of nitrogens with zero attached hydrogens (tertiary/aromatic N) is 1. The summed E-state index contributed by atoms with van der Waals surface area (Å²) >= 11 is 0. The van der Waals surface area contributed by atoms with Gasteiger partial charge in [-0.05, 0) is 43.9 Å². The fourth-order valence-corrected chi connectivity index (χ4v) is 1.77. The van der Waals surface area contributed by atoms with E-state index < -0.39 is 0 Å². The maximum absolute atomic E-state index is 4.31. The molecule has 0 aliphatic heterocycles. The third kappa shape index (κ3) is 5.15. The zero-order chi connectivity index (χ0) is 12.0. The van der Waals surface area contributed by atoms with Crippen LogP contribution >= 0.6 is 0 Å². The Hall–Kier alpha value is -1.05. The number of pyridine rings is 1. The van der Waals surface area contributed by atoms with Crippen molar-refractivity contribution >= 4 is 5.82 Å². The molecule has 0 saturated carbocycles. The molecule has 1 atom stereocenters. The molecule has 90 valence electrons. The monoisotopic (exact) mass is 220 g/mol. The molecule has 0 aromatic carbocycles. The molecule has 0 radical (unpaired) electrons. The van der Waals surface area contributed by atoms with Gasteiger partial charge in [-0.3, -0.25) is 0 Å². The highest BCUT2D eigenvalue weighted by Gasteiger charge is 2.03. The highest BCUT2D eigenvalue weighted by molar-refractivity contribution is 5.37. The number of aryl methyl sites for hydroxylation is 1. The molecule has 0 fully saturated rings. The molecule has 0 spiro atoms. The van der Waals surface area contributed by atoms with E-state index in [0.717, 1.165) is 11.7 Å². The molecule has 1 heterocycles. The molecule has 2 heteroatoms. The number of aromatic nitrogens is 1. The van der Waals surface area contributed by atoms with E-state index in [1.54, 1.807) is 0 Å². The lowest BCUT2D eigenvalue weighted by Gasteiger charge is -2.15. The lowest BCUT2D eigenvalue weighted by Crippen LogP contribution is -2.16. The summed E-state index contributed by atoms with van der Waals surface area (Å²) in [6.45, 7) is 8.88. The van der Waals surface area contributed by atoms with Crippen LogP contribution in [-0.4, -0.2) is 11.0 Å². The van der Waals surface area contributed by atoms with E-state index in [1.807, 2.05) is 12.3 Å². The predicted molar refractivity (Wildman–Crippen MR) is 70.7 cm³/mol. The van der Waals surface area contributed by atoms with Crippen LogP contribution in [0.15, 0.2) is 18.3 Å². The van der Waals surface area contributed by atoms with Gasteiger partial charge in [0.05, 0.1) is 0 Å². The largest absolute Gasteiger partial charge is 0.368 e. The first kappa shape index (κ1) is 13.0. The molecule has 0 bridgehead atoms. The van der Waals surface area contributed by atoms with Crippen molar-refractivity contribution in [3.05, 3.63) is 23.9 Å². The minimum Gasteiger partial charge on any atom is -0.368 e. The lowest BCUT2D eigenvalue weighted by atomic mass is 10.0. The number of nitrogens with one attached hydrogen (secondary N) is 1. The molecule has 1 unspecified atom stereocenters. The van der Waals surface area contributed by atoms with Crippen LogP contribution in [0.5, 0.6) is 0 Å². The SMILES string of the molecule is Cc1ccnc(NC(C)CCCC(C)C)c1. The van der Waals surface area contributed by atoms with E-state index in [9.17, 15) is 0 Å². The molecule has 0 amide bonds. The van der Waals surface area contributed by atoms with Crippen LogP contribution in [0.25, 0.3) is 0 Å². The standard InChI is InChI=1S/C14H24N2/c1-11(2)6-5-7-13(4)16-14-10-12(3)8-9-15-14/h8-11,13H,5-7H2,1-4H3,(H,15,16). The van der Waals surface area contributed by atoms with E-state index >= 15 is 0 Å². The number of hydrogen-bond donors (Lipinski definition) is 1. The van der Waals surface area contributed by atoms with Crippen molar-refractivity contribution in [3.8, 4) is 0 Å². The fourth-order valence-electron chi connectivity index (χ4n) is 1.77. The lowest BCUT2D eigenvalue weighted by molar-refractivity contribution is 0.520. The van der Waals surface area contributed by atoms with Crippen LogP contribution in [0.1, 0.15) is 45.6 Å². The van der Waals surface area contributed by atoms with Crippen LogP contribution in [0, 0.1) is 12.8 Å². The first-order chi connectivity index (χ1) is 7.58. The third-order valence-corrected chi connectivity index (χ3v) is 2.73. The highest BCUT2D eigenvalue weighted by Crippen LogP contribution is 2.12. The summed E-state index contributed by atoms with van der Waals surface area (Å²) in [6.07, 6.45) is 5.68. The van der Waals surface area contributed by atoms with Crippen LogP contribution in [0.2, 0.25) is 0 Å². The van der Waals surface area contributed by atoms with Gasteiger partial charge in [0.1, 0.15) is 5.82 Å². The first-order valence-electron chi connectivity index (χ1n) is 6.27. The second kappa shape index (κ2) is 6.51. The van der Waals surface area contributed by atoms with Gasteiger partial charge in [0.25, 0.3) is 0 Å². The Morgan fingerprint density at radius 3 is 2.62 bits per heavy atom. The van der Waals surface area contributed by atoms with Crippen molar-refractivity contribution in [3.63, 3.8) is 0 Å². The van der Waals surface area contributed by atoms with Crippen LogP contribution in [-0.2, 0) is 0 Å². The maximum atomic E-state index is 4.31. The van der Waals surface area contributed by atoms with E-state index in [-0.39, 0.29) is 0 Å². The summed E-state index contributed by atoms with van der Waals surface area (Å²) in [5.74, 6) is 1.81. The van der Waals surface area contributed by atoms with Gasteiger partial charge in [-0.25, -0.2) is 4.98 Å². The quantitative estimate of drug-likeness (QED) is 0.783. The highest BCUT2D eigenvalue weighted by atomic mass is 15.0. The summed E-state index contributed by atoms with van der Waals surface area (Å²) in [5.41, 5.74) is 1.26. The summed E-state index contributed by atoms with van der Waals surface area (Å²) in [4.78, 5) is 4.31. The second-order valence-corrected chi connectivity index (χ2v) is 5.09. The van der Waals surface area contributed by atoms with E-state index in [4.69, 9.17) is 0 Å². The van der Waals surface area contributed by atoms with E-state index in [1.165, 1.54) is 24.8 Å². The first-order valence-corrected chi connectivity index (χ1v) is 6.27. The topological polar surface area (TPSA) is 24.9 Å². The summed E-state index contributed by atoms with van der Waals surface area (Å²) in [7, 11) is 0. The summed E-state index contributed by atoms with van der Waals surface area (Å²) in [6, 6.07) is 4.63. The number of hydrogen-bond acceptors (Lipinski definition) is 2. The van der Waals surface area contributed by atoms with Gasteiger partial charge in [-0.2, -0.15) is 0 Å². The average Bonchev–Trinajstić information content (AvgIpc) is 2.16. The van der Waals surface area contributed by atoms with Gasteiger partial charge in [-0.15, -0.1) is 0 Å². The number of anilines is 1. The molecule has 0 aliphatic carbocycles. The van der Waals surface area contributed by atoms with Gasteiger partial charge in [-0.1, -0.05) is 26.7 Å². The average molecular weight is 220 g/mol. The molecule has 1 rings (SSSR count). The van der Waals surface area contributed by atoms with Gasteiger partial charge in [0.2, 0.25) is 0 Å². The Bertz CT molecular complexity index is 307. The molecule has 16 heavy (non-hydrogen) atoms. The summed E-state index contributed by atoms with van der Waals surface area (Å²) in [5, 5.41) is 3.45. The molecule has 0 saturated heterocycles. The minimum absolute atomic E-state index is 0.507. The summed E-state index contributed by atoms with van der Waals surface area (Å²) < 4.78 is 0. The van der Waals surface area contributed by atoms with Crippen LogP contribution in [0.4, 0.5) is 5.82 Å². The molecule has 1 aromatic heterocycles. The van der Waals surface area contributed by atoms with Gasteiger partial charge in [0.15, 0.2) is 0 Å². The van der Waals surface area contributed by atoms with Crippen molar-refractivity contribution < 1.29 is 0 Å². The zero-order valence-electron chi connectivity index (χ0n) is 11.0. The Kier molecular flexibility index (Phi) is 5.30. The van der Waals surface area contributed by atoms with E-state index in [0.29, 0.717) is 6.04 Å². The Labute approximate surface area is 99.5 Å². The molecule has 1 N–H and O–H groups in total. The van der Waals surface area contributed by atoms with Crippen LogP contribution < -0.4 is 5.32 Å². The molecule has 1 aromatic rings. The normalized spacial score (nSPS) is 12.8. The Morgan fingerprint density at radius 1 is 1.25 bits per heavy atom.